The third-order valence-corrected chi connectivity index (χ3v) is 4.47. The van der Waals surface area contributed by atoms with Gasteiger partial charge in [0.2, 0.25) is 0 Å². The second-order valence-corrected chi connectivity index (χ2v) is 6.66. The number of hydrogen-bond acceptors (Lipinski definition) is 6. The molecule has 0 saturated heterocycles. The van der Waals surface area contributed by atoms with E-state index in [4.69, 9.17) is 10.5 Å². The summed E-state index contributed by atoms with van der Waals surface area (Å²) in [6.07, 6.45) is 1.74. The molecule has 6 nitrogen and oxygen atoms in total. The van der Waals surface area contributed by atoms with Gasteiger partial charge in [-0.15, -0.1) is 0 Å². The second kappa shape index (κ2) is 10.7. The molecule has 3 aromatic rings. The largest absolute Gasteiger partial charge is 0.242 e. The van der Waals surface area contributed by atoms with Crippen LogP contribution in [-0.2, 0) is 12.8 Å². The number of benzene rings is 1. The van der Waals surface area contributed by atoms with Crippen molar-refractivity contribution in [3.63, 3.8) is 0 Å². The van der Waals surface area contributed by atoms with E-state index < -0.39 is 11.6 Å². The van der Waals surface area contributed by atoms with Gasteiger partial charge in [0.05, 0.1) is 48.5 Å². The Hall–Kier alpha value is -5.54. The second-order valence-electron chi connectivity index (χ2n) is 6.66. The maximum Gasteiger partial charge on any atom is 0.157 e. The van der Waals surface area contributed by atoms with E-state index in [1.807, 2.05) is 24.3 Å². The van der Waals surface area contributed by atoms with Crippen molar-refractivity contribution in [2.24, 2.45) is 0 Å². The van der Waals surface area contributed by atoms with Gasteiger partial charge in [-0.3, -0.25) is 0 Å². The number of halogens is 2. The summed E-state index contributed by atoms with van der Waals surface area (Å²) in [5.41, 5.74) is 1.61. The summed E-state index contributed by atoms with van der Waals surface area (Å²) < 4.78 is 28.1. The Labute approximate surface area is 194 Å². The van der Waals surface area contributed by atoms with Crippen LogP contribution in [0.3, 0.4) is 0 Å². The highest BCUT2D eigenvalue weighted by Crippen LogP contribution is 2.19. The molecule has 0 bridgehead atoms. The van der Waals surface area contributed by atoms with Crippen LogP contribution in [0.25, 0.3) is 0 Å². The normalized spacial score (nSPS) is 9.12. The number of nitrogens with zero attached hydrogens (tertiary/aromatic N) is 6. The van der Waals surface area contributed by atoms with Gasteiger partial charge in [-0.25, -0.2) is 18.7 Å². The smallest absolute Gasteiger partial charge is 0.157 e. The van der Waals surface area contributed by atoms with Crippen molar-refractivity contribution in [1.82, 2.24) is 9.97 Å². The highest BCUT2D eigenvalue weighted by molar-refractivity contribution is 5.57. The monoisotopic (exact) mass is 444 g/mol. The minimum Gasteiger partial charge on any atom is -0.242 e. The van der Waals surface area contributed by atoms with Crippen molar-refractivity contribution < 1.29 is 8.78 Å². The summed E-state index contributed by atoms with van der Waals surface area (Å²) in [6, 6.07) is 13.2. The van der Waals surface area contributed by atoms with Gasteiger partial charge < -0.3 is 0 Å². The molecule has 0 aliphatic rings. The first-order valence-electron chi connectivity index (χ1n) is 9.54. The van der Waals surface area contributed by atoms with E-state index >= 15 is 0 Å². The Morgan fingerprint density at radius 3 is 1.38 bits per heavy atom. The Bertz CT molecular complexity index is 1470. The molecule has 0 fully saturated rings. The van der Waals surface area contributed by atoms with Crippen molar-refractivity contribution in [1.29, 1.82) is 21.0 Å². The van der Waals surface area contributed by atoms with Crippen LogP contribution in [0.1, 0.15) is 44.8 Å². The summed E-state index contributed by atoms with van der Waals surface area (Å²) in [5.74, 6) is 9.42. The van der Waals surface area contributed by atoms with E-state index in [1.165, 1.54) is 18.2 Å². The van der Waals surface area contributed by atoms with Gasteiger partial charge >= 0.3 is 0 Å². The lowest BCUT2D eigenvalue weighted by atomic mass is 9.95. The van der Waals surface area contributed by atoms with Crippen molar-refractivity contribution in [3.05, 3.63) is 93.1 Å². The number of pyridine rings is 2. The number of hydrogen-bond donors (Lipinski definition) is 0. The van der Waals surface area contributed by atoms with E-state index in [0.717, 1.165) is 12.4 Å². The predicted octanol–water partition coefficient (Wildman–Crippen LogP) is 3.43. The third kappa shape index (κ3) is 5.38. The maximum absolute atomic E-state index is 14.1. The van der Waals surface area contributed by atoms with Gasteiger partial charge in [-0.05, 0) is 29.3 Å². The lowest BCUT2D eigenvalue weighted by Crippen LogP contribution is -1.98. The minimum atomic E-state index is -0.712. The molecule has 0 saturated carbocycles. The predicted molar refractivity (Wildman–Crippen MR) is 115 cm³/mol. The van der Waals surface area contributed by atoms with Crippen LogP contribution in [0.15, 0.2) is 36.7 Å². The molecule has 0 spiro atoms. The van der Waals surface area contributed by atoms with Gasteiger partial charge in [-0.1, -0.05) is 29.7 Å². The van der Waals surface area contributed by atoms with Crippen LogP contribution < -0.4 is 0 Å². The van der Waals surface area contributed by atoms with Crippen molar-refractivity contribution in [3.8, 4) is 48.0 Å². The maximum atomic E-state index is 14.1. The SMILES string of the molecule is N#CCc1cc(CC#N)c(C#Cc2cc(C#N)ncc2F)cc1C#Cc1cc(C#N)ncc1F. The Kier molecular flexibility index (Phi) is 7.25. The average Bonchev–Trinajstić information content (AvgIpc) is 2.84. The van der Waals surface area contributed by atoms with Crippen LogP contribution in [0.5, 0.6) is 0 Å². The zero-order chi connectivity index (χ0) is 24.5. The molecule has 0 aliphatic heterocycles. The van der Waals surface area contributed by atoms with E-state index in [0.29, 0.717) is 22.3 Å². The van der Waals surface area contributed by atoms with Crippen LogP contribution in [-0.4, -0.2) is 9.97 Å². The Morgan fingerprint density at radius 2 is 1.00 bits per heavy atom. The Balaban J connectivity index is 2.16. The molecule has 0 amide bonds. The fraction of sp³-hybridized carbons (Fsp3) is 0.0769. The van der Waals surface area contributed by atoms with Crippen molar-refractivity contribution in [2.45, 2.75) is 12.8 Å². The molecule has 8 heteroatoms. The first kappa shape index (κ1) is 23.1. The fourth-order valence-corrected chi connectivity index (χ4v) is 2.85. The van der Waals surface area contributed by atoms with Crippen molar-refractivity contribution >= 4 is 0 Å². The Morgan fingerprint density at radius 1 is 0.588 bits per heavy atom. The molecule has 2 heterocycles. The van der Waals surface area contributed by atoms with E-state index in [2.05, 4.69) is 33.6 Å². The standard InChI is InChI=1S/C26H10F2N6/c27-25-15-33-23(13-31)11-21(25)3-1-17-9-18(20(6-8-30)10-19(17)5-7-29)2-4-22-12-24(14-32)34-16-26(22)28/h9-12,15-16H,5-6H2. The summed E-state index contributed by atoms with van der Waals surface area (Å²) >= 11 is 0. The van der Waals surface area contributed by atoms with E-state index in [9.17, 15) is 19.3 Å². The lowest BCUT2D eigenvalue weighted by molar-refractivity contribution is 0.617. The van der Waals surface area contributed by atoms with E-state index in [-0.39, 0.29) is 35.4 Å². The molecule has 0 aliphatic carbocycles. The van der Waals surface area contributed by atoms with E-state index in [1.54, 1.807) is 6.07 Å². The molecule has 0 radical (unpaired) electrons. The van der Waals surface area contributed by atoms with Crippen LogP contribution in [0.4, 0.5) is 8.78 Å². The zero-order valence-corrected chi connectivity index (χ0v) is 17.3. The fourth-order valence-electron chi connectivity index (χ4n) is 2.85. The number of aromatic nitrogens is 2. The molecular weight excluding hydrogens is 434 g/mol. The molecular formula is C26H10F2N6. The first-order chi connectivity index (χ1) is 16.5. The van der Waals surface area contributed by atoms with Crippen LogP contribution in [0.2, 0.25) is 0 Å². The molecule has 1 aromatic carbocycles. The van der Waals surface area contributed by atoms with Gasteiger partial charge in [0, 0.05) is 11.1 Å². The number of nitriles is 4. The molecule has 3 rings (SSSR count). The van der Waals surface area contributed by atoms with Crippen LogP contribution in [0, 0.1) is 80.6 Å². The minimum absolute atomic E-state index is 0.00464. The topological polar surface area (TPSA) is 121 Å². The summed E-state index contributed by atoms with van der Waals surface area (Å²) in [4.78, 5) is 7.25. The molecule has 2 aromatic heterocycles. The van der Waals surface area contributed by atoms with Gasteiger partial charge in [0.25, 0.3) is 0 Å². The average molecular weight is 444 g/mol. The molecule has 34 heavy (non-hydrogen) atoms. The highest BCUT2D eigenvalue weighted by atomic mass is 19.1. The molecule has 158 valence electrons. The third-order valence-electron chi connectivity index (χ3n) is 4.47. The quantitative estimate of drug-likeness (QED) is 0.559. The van der Waals surface area contributed by atoms with Crippen LogP contribution >= 0.6 is 0 Å². The van der Waals surface area contributed by atoms with Gasteiger partial charge in [-0.2, -0.15) is 21.0 Å². The highest BCUT2D eigenvalue weighted by Gasteiger charge is 2.09. The zero-order valence-electron chi connectivity index (χ0n) is 17.3. The van der Waals surface area contributed by atoms with Crippen molar-refractivity contribution in [2.75, 3.05) is 0 Å². The number of rotatable bonds is 2. The molecule has 0 atom stereocenters. The lowest BCUT2D eigenvalue weighted by Gasteiger charge is -2.07. The van der Waals surface area contributed by atoms with Gasteiger partial charge in [0.15, 0.2) is 11.6 Å². The summed E-state index contributed by atoms with van der Waals surface area (Å²) in [7, 11) is 0. The van der Waals surface area contributed by atoms with Gasteiger partial charge in [0.1, 0.15) is 23.5 Å². The summed E-state index contributed by atoms with van der Waals surface area (Å²) in [5, 5.41) is 36.3. The first-order valence-corrected chi connectivity index (χ1v) is 9.54. The molecule has 0 unspecified atom stereocenters. The summed E-state index contributed by atoms with van der Waals surface area (Å²) in [6.45, 7) is 0. The molecule has 0 N–H and O–H groups in total.